The number of hydrogen-bond donors (Lipinski definition) is 1. The molecule has 0 amide bonds. The summed E-state index contributed by atoms with van der Waals surface area (Å²) < 4.78 is 23.0. The van der Waals surface area contributed by atoms with Crippen LogP contribution in [0.4, 0.5) is 5.69 Å². The smallest absolute Gasteiger partial charge is 0.376 e. The molecule has 41 heavy (non-hydrogen) atoms. The molecule has 1 unspecified atom stereocenters. The first-order chi connectivity index (χ1) is 19.7. The van der Waals surface area contributed by atoms with Crippen molar-refractivity contribution in [3.05, 3.63) is 24.5 Å². The largest absolute Gasteiger partial charge is 0.606 e. The Morgan fingerprint density at radius 3 is 1.90 bits per heavy atom. The first-order valence-corrected chi connectivity index (χ1v) is 17.3. The van der Waals surface area contributed by atoms with Gasteiger partial charge in [0.2, 0.25) is 0 Å². The van der Waals surface area contributed by atoms with Crippen LogP contribution in [-0.4, -0.2) is 57.5 Å². The van der Waals surface area contributed by atoms with Crippen molar-refractivity contribution in [1.82, 2.24) is 0 Å². The molecular weight excluding hydrogens is 543 g/mol. The van der Waals surface area contributed by atoms with E-state index in [0.717, 1.165) is 18.5 Å². The Morgan fingerprint density at radius 2 is 1.39 bits per heavy atom. The van der Waals surface area contributed by atoms with E-state index in [9.17, 15) is 14.6 Å². The average Bonchev–Trinajstić information content (AvgIpc) is 2.93. The Bertz CT molecular complexity index is 765. The number of pyridine rings is 1. The molecule has 1 N–H and O–H groups in total. The van der Waals surface area contributed by atoms with Crippen LogP contribution in [0.5, 0.6) is 0 Å². The van der Waals surface area contributed by atoms with Gasteiger partial charge >= 0.3 is 14.1 Å². The van der Waals surface area contributed by atoms with Gasteiger partial charge in [0.1, 0.15) is 13.2 Å². The van der Waals surface area contributed by atoms with E-state index in [1.807, 2.05) is 48.1 Å². The van der Waals surface area contributed by atoms with Crippen molar-refractivity contribution < 1.29 is 37.7 Å². The van der Waals surface area contributed by atoms with Crippen molar-refractivity contribution in [2.24, 2.45) is 0 Å². The summed E-state index contributed by atoms with van der Waals surface area (Å²) in [5, 5.41) is 0. The zero-order chi connectivity index (χ0) is 30.2. The summed E-state index contributed by atoms with van der Waals surface area (Å²) in [6.07, 6.45) is 21.8. The number of nitrogens with zero attached hydrogens (tertiary/aromatic N) is 2. The summed E-state index contributed by atoms with van der Waals surface area (Å²) in [6.45, 7) is 4.64. The van der Waals surface area contributed by atoms with E-state index in [2.05, 4.69) is 6.92 Å². The van der Waals surface area contributed by atoms with E-state index in [1.54, 1.807) is 0 Å². The number of phosphoric acid groups is 1. The third-order valence-corrected chi connectivity index (χ3v) is 7.89. The number of esters is 1. The number of anilines is 1. The van der Waals surface area contributed by atoms with Gasteiger partial charge in [0.25, 0.3) is 0 Å². The lowest BCUT2D eigenvalue weighted by molar-refractivity contribution is -0.697. The normalized spacial score (nSPS) is 13.6. The minimum Gasteiger partial charge on any atom is -0.606 e. The summed E-state index contributed by atoms with van der Waals surface area (Å²) >= 11 is 0. The molecule has 0 saturated carbocycles. The van der Waals surface area contributed by atoms with E-state index in [-0.39, 0.29) is 19.8 Å². The second-order valence-corrected chi connectivity index (χ2v) is 12.5. The van der Waals surface area contributed by atoms with Crippen LogP contribution in [-0.2, 0) is 29.9 Å². The molecule has 1 rings (SSSR count). The maximum absolute atomic E-state index is 12.3. The predicted molar refractivity (Wildman–Crippen MR) is 163 cm³/mol. The number of aryl methyl sites for hydroxylation is 1. The number of ether oxygens (including phenoxy) is 2. The molecule has 0 aromatic carbocycles. The third-order valence-electron chi connectivity index (χ3n) is 6.91. The highest BCUT2D eigenvalue weighted by Crippen LogP contribution is 2.47. The number of unbranched alkanes of at least 4 members (excludes halogenated alkanes) is 13. The molecule has 1 aromatic rings. The first-order valence-electron chi connectivity index (χ1n) is 15.8. The van der Waals surface area contributed by atoms with E-state index >= 15 is 0 Å². The van der Waals surface area contributed by atoms with Crippen molar-refractivity contribution in [3.8, 4) is 0 Å². The zero-order valence-corrected chi connectivity index (χ0v) is 27.2. The molecular formula is C31H58N2O7P+. The standard InChI is InChI=1S/C31H57N2O7P/c1-5-6-7-8-9-10-11-12-13-14-15-16-17-18-25-37-27-31(40-29(2)34)28-39-41(35,36)38-26-19-22-33-23-20-30(21-24-33)32(3)4/h20-21,23-24,31H,5-19,22,25-28H2,1-4H3/p+1/t31-/m1/s1. The SMILES string of the molecule is CCCCCCCCCCCCCCCCOC[C@H](CO[P+]([O-])(O)OCCC[n+]1ccc(N(C)C)cc1)OC(C)=O. The van der Waals surface area contributed by atoms with Crippen LogP contribution in [0.1, 0.15) is 110 Å². The highest BCUT2D eigenvalue weighted by atomic mass is 31.2. The predicted octanol–water partition coefficient (Wildman–Crippen LogP) is 5.92. The van der Waals surface area contributed by atoms with Crippen LogP contribution in [0.2, 0.25) is 0 Å². The molecule has 0 fully saturated rings. The van der Waals surface area contributed by atoms with Gasteiger partial charge in [0.15, 0.2) is 25.0 Å². The molecule has 2 atom stereocenters. The van der Waals surface area contributed by atoms with Crippen LogP contribution in [0.25, 0.3) is 0 Å². The van der Waals surface area contributed by atoms with Crippen molar-refractivity contribution in [2.75, 3.05) is 45.4 Å². The van der Waals surface area contributed by atoms with Crippen molar-refractivity contribution in [2.45, 2.75) is 123 Å². The molecule has 0 bridgehead atoms. The minimum atomic E-state index is -4.27. The zero-order valence-electron chi connectivity index (χ0n) is 26.3. The highest BCUT2D eigenvalue weighted by molar-refractivity contribution is 7.52. The van der Waals surface area contributed by atoms with E-state index < -0.39 is 20.2 Å². The third kappa shape index (κ3) is 21.9. The Morgan fingerprint density at radius 1 is 0.854 bits per heavy atom. The molecule has 0 aliphatic carbocycles. The average molecular weight is 602 g/mol. The van der Waals surface area contributed by atoms with Gasteiger partial charge in [-0.15, -0.1) is 0 Å². The van der Waals surface area contributed by atoms with Crippen LogP contribution in [0.3, 0.4) is 0 Å². The molecule has 0 spiro atoms. The van der Waals surface area contributed by atoms with Crippen LogP contribution in [0.15, 0.2) is 24.5 Å². The molecule has 1 heterocycles. The lowest BCUT2D eigenvalue weighted by Gasteiger charge is -2.22. The molecule has 1 aromatic heterocycles. The number of rotatable bonds is 27. The van der Waals surface area contributed by atoms with E-state index in [0.29, 0.717) is 19.6 Å². The lowest BCUT2D eigenvalue weighted by atomic mass is 10.0. The number of carbonyl (C=O) groups excluding carboxylic acids is 1. The summed E-state index contributed by atoms with van der Waals surface area (Å²) in [6, 6.07) is 4.00. The molecule has 9 nitrogen and oxygen atoms in total. The van der Waals surface area contributed by atoms with Gasteiger partial charge < -0.3 is 19.3 Å². The van der Waals surface area contributed by atoms with Gasteiger partial charge in [-0.1, -0.05) is 90.4 Å². The fourth-order valence-electron chi connectivity index (χ4n) is 4.50. The van der Waals surface area contributed by atoms with Crippen LogP contribution < -0.4 is 14.4 Å². The van der Waals surface area contributed by atoms with E-state index in [4.69, 9.17) is 18.5 Å². The second kappa shape index (κ2) is 24.1. The number of aromatic nitrogens is 1. The van der Waals surface area contributed by atoms with Gasteiger partial charge in [-0.05, 0) is 6.42 Å². The Kier molecular flexibility index (Phi) is 22.2. The maximum Gasteiger partial charge on any atom is 0.376 e. The monoisotopic (exact) mass is 601 g/mol. The van der Waals surface area contributed by atoms with Gasteiger partial charge in [-0.3, -0.25) is 4.79 Å². The number of hydrogen-bond acceptors (Lipinski definition) is 8. The molecule has 0 aliphatic rings. The summed E-state index contributed by atoms with van der Waals surface area (Å²) in [5.74, 6) is -0.496. The second-order valence-electron chi connectivity index (χ2n) is 11.0. The number of carbonyl (C=O) groups is 1. The quantitative estimate of drug-likeness (QED) is 0.0573. The summed E-state index contributed by atoms with van der Waals surface area (Å²) in [7, 11) is -0.316. The summed E-state index contributed by atoms with van der Waals surface area (Å²) in [4.78, 5) is 35.8. The molecule has 10 heteroatoms. The lowest BCUT2D eigenvalue weighted by Crippen LogP contribution is -2.34. The summed E-state index contributed by atoms with van der Waals surface area (Å²) in [5.41, 5.74) is 1.09. The Labute approximate surface area is 250 Å². The fourth-order valence-corrected chi connectivity index (χ4v) is 5.29. The topological polar surface area (TPSA) is 104 Å². The molecule has 0 aliphatic heterocycles. The van der Waals surface area contributed by atoms with Crippen LogP contribution in [0, 0.1) is 0 Å². The van der Waals surface area contributed by atoms with E-state index in [1.165, 1.54) is 84.0 Å². The Hall–Kier alpha value is -1.35. The van der Waals surface area contributed by atoms with Crippen LogP contribution >= 0.6 is 8.17 Å². The molecule has 0 saturated heterocycles. The highest BCUT2D eigenvalue weighted by Gasteiger charge is 2.30. The van der Waals surface area contributed by atoms with Gasteiger partial charge in [0, 0.05) is 51.9 Å². The van der Waals surface area contributed by atoms with Gasteiger partial charge in [-0.2, -0.15) is 13.9 Å². The molecule has 0 radical (unpaired) electrons. The van der Waals surface area contributed by atoms with Crippen molar-refractivity contribution >= 4 is 19.8 Å². The van der Waals surface area contributed by atoms with Crippen molar-refractivity contribution in [1.29, 1.82) is 0 Å². The minimum absolute atomic E-state index is 0.0596. The van der Waals surface area contributed by atoms with Gasteiger partial charge in [-0.25, -0.2) is 4.57 Å². The van der Waals surface area contributed by atoms with Gasteiger partial charge in [0.05, 0.1) is 6.61 Å². The fraction of sp³-hybridized carbons (Fsp3) is 0.806. The van der Waals surface area contributed by atoms with Crippen molar-refractivity contribution in [3.63, 3.8) is 0 Å². The number of phosphoric ester groups is 1. The Balaban J connectivity index is 2.09. The maximum atomic E-state index is 12.3. The molecule has 238 valence electrons. The first kappa shape index (κ1) is 37.7.